The molecule has 0 radical (unpaired) electrons. The number of rotatable bonds is 2. The second-order valence-corrected chi connectivity index (χ2v) is 7.31. The number of aryl methyl sites for hydroxylation is 3. The summed E-state index contributed by atoms with van der Waals surface area (Å²) in [4.78, 5) is 25.9. The normalized spacial score (nSPS) is 20.7. The first-order chi connectivity index (χ1) is 12.6. The van der Waals surface area contributed by atoms with Crippen molar-refractivity contribution in [2.24, 2.45) is 7.05 Å². The maximum Gasteiger partial charge on any atom is 0.321 e. The molecule has 7 nitrogen and oxygen atoms in total. The molecule has 0 aromatic carbocycles. The second-order valence-electron chi connectivity index (χ2n) is 7.31. The van der Waals surface area contributed by atoms with Crippen molar-refractivity contribution in [2.45, 2.75) is 31.7 Å². The minimum Gasteiger partial charge on any atom is -0.337 e. The summed E-state index contributed by atoms with van der Waals surface area (Å²) in [5.41, 5.74) is 3.25. The highest BCUT2D eigenvalue weighted by Gasteiger charge is 2.30. The molecule has 0 spiro atoms. The number of likely N-dealkylation sites (N-methyl/N-ethyl adjacent to an activating group) is 1. The zero-order valence-electron chi connectivity index (χ0n) is 15.5. The predicted molar refractivity (Wildman–Crippen MR) is 100 cm³/mol. The fraction of sp³-hybridized carbons (Fsp3) is 0.526. The van der Waals surface area contributed by atoms with Gasteiger partial charge in [-0.15, -0.1) is 0 Å². The minimum atomic E-state index is -0.0603. The van der Waals surface area contributed by atoms with Crippen LogP contribution in [-0.2, 0) is 19.9 Å². The third kappa shape index (κ3) is 3.31. The van der Waals surface area contributed by atoms with Crippen molar-refractivity contribution in [1.82, 2.24) is 24.3 Å². The fourth-order valence-corrected chi connectivity index (χ4v) is 3.89. The highest BCUT2D eigenvalue weighted by atomic mass is 16.2. The Kier molecular flexibility index (Phi) is 4.63. The molecule has 7 heteroatoms. The van der Waals surface area contributed by atoms with Gasteiger partial charge in [0.05, 0.1) is 17.9 Å². The van der Waals surface area contributed by atoms with E-state index in [2.05, 4.69) is 33.3 Å². The number of amides is 2. The van der Waals surface area contributed by atoms with Crippen LogP contribution in [0.5, 0.6) is 0 Å². The van der Waals surface area contributed by atoms with Gasteiger partial charge in [-0.25, -0.2) is 9.78 Å². The van der Waals surface area contributed by atoms with Crippen LogP contribution in [0.4, 0.5) is 10.5 Å². The van der Waals surface area contributed by atoms with Gasteiger partial charge >= 0.3 is 6.03 Å². The first kappa shape index (κ1) is 17.0. The maximum absolute atomic E-state index is 12.8. The number of carbonyl (C=O) groups is 1. The summed E-state index contributed by atoms with van der Waals surface area (Å²) in [6.45, 7) is 2.17. The van der Waals surface area contributed by atoms with Gasteiger partial charge in [0.2, 0.25) is 0 Å². The molecule has 2 aromatic heterocycles. The third-order valence-corrected chi connectivity index (χ3v) is 5.51. The van der Waals surface area contributed by atoms with E-state index < -0.39 is 0 Å². The second kappa shape index (κ2) is 7.07. The van der Waals surface area contributed by atoms with Crippen molar-refractivity contribution in [3.63, 3.8) is 0 Å². The van der Waals surface area contributed by atoms with Crippen molar-refractivity contribution >= 4 is 11.7 Å². The molecule has 138 valence electrons. The Balaban J connectivity index is 1.45. The number of urea groups is 1. The van der Waals surface area contributed by atoms with E-state index in [1.807, 2.05) is 22.7 Å². The van der Waals surface area contributed by atoms with Crippen molar-refractivity contribution in [3.05, 3.63) is 41.7 Å². The third-order valence-electron chi connectivity index (χ3n) is 5.51. The Labute approximate surface area is 154 Å². The number of carbonyl (C=O) groups excluding carboxylic acids is 1. The standard InChI is InChI=1S/C19H26N6O/c1-23-9-10-25(13-17(23)18-20-7-8-24(18)2)19(26)22-15-11-14-5-3-4-6-16(14)21-12-15/h7-8,11-12,17H,3-6,9-10,13H2,1-2H3,(H,22,26)/t17-/m0/s1. The van der Waals surface area contributed by atoms with Crippen LogP contribution in [0.25, 0.3) is 0 Å². The Bertz CT molecular complexity index is 801. The van der Waals surface area contributed by atoms with Gasteiger partial charge in [0.1, 0.15) is 5.82 Å². The summed E-state index contributed by atoms with van der Waals surface area (Å²) >= 11 is 0. The molecule has 0 unspecified atom stereocenters. The molecule has 2 amide bonds. The zero-order chi connectivity index (χ0) is 18.1. The highest BCUT2D eigenvalue weighted by molar-refractivity contribution is 5.89. The van der Waals surface area contributed by atoms with E-state index >= 15 is 0 Å². The number of nitrogens with one attached hydrogen (secondary N) is 1. The highest BCUT2D eigenvalue weighted by Crippen LogP contribution is 2.24. The molecule has 1 N–H and O–H groups in total. The lowest BCUT2D eigenvalue weighted by Crippen LogP contribution is -2.50. The van der Waals surface area contributed by atoms with E-state index in [-0.39, 0.29) is 12.1 Å². The summed E-state index contributed by atoms with van der Waals surface area (Å²) in [6, 6.07) is 2.14. The van der Waals surface area contributed by atoms with E-state index in [0.717, 1.165) is 30.9 Å². The number of nitrogens with zero attached hydrogens (tertiary/aromatic N) is 5. The average Bonchev–Trinajstić information content (AvgIpc) is 3.07. The van der Waals surface area contributed by atoms with E-state index in [4.69, 9.17) is 0 Å². The van der Waals surface area contributed by atoms with Gasteiger partial charge in [0.25, 0.3) is 0 Å². The average molecular weight is 354 g/mol. The number of imidazole rings is 1. The van der Waals surface area contributed by atoms with Crippen molar-refractivity contribution < 1.29 is 4.79 Å². The number of hydrogen-bond acceptors (Lipinski definition) is 4. The molecule has 2 aliphatic rings. The van der Waals surface area contributed by atoms with Crippen molar-refractivity contribution in [2.75, 3.05) is 32.0 Å². The fourth-order valence-electron chi connectivity index (χ4n) is 3.89. The molecule has 1 atom stereocenters. The summed E-state index contributed by atoms with van der Waals surface area (Å²) in [5, 5.41) is 3.04. The van der Waals surface area contributed by atoms with E-state index in [1.54, 1.807) is 12.4 Å². The van der Waals surface area contributed by atoms with Gasteiger partial charge in [0.15, 0.2) is 0 Å². The number of hydrogen-bond donors (Lipinski definition) is 1. The van der Waals surface area contributed by atoms with Gasteiger partial charge in [-0.2, -0.15) is 0 Å². The first-order valence-electron chi connectivity index (χ1n) is 9.33. The number of fused-ring (bicyclic) bond motifs is 1. The predicted octanol–water partition coefficient (Wildman–Crippen LogP) is 2.21. The molecule has 1 fully saturated rings. The Morgan fingerprint density at radius 3 is 2.85 bits per heavy atom. The van der Waals surface area contributed by atoms with E-state index in [9.17, 15) is 4.79 Å². The molecule has 26 heavy (non-hydrogen) atoms. The van der Waals surface area contributed by atoms with Crippen LogP contribution in [-0.4, -0.2) is 57.0 Å². The Morgan fingerprint density at radius 1 is 1.19 bits per heavy atom. The van der Waals surface area contributed by atoms with Crippen LogP contribution >= 0.6 is 0 Å². The lowest BCUT2D eigenvalue weighted by molar-refractivity contribution is 0.110. The lowest BCUT2D eigenvalue weighted by atomic mass is 9.96. The number of aromatic nitrogens is 3. The number of anilines is 1. The van der Waals surface area contributed by atoms with Gasteiger partial charge in [-0.05, 0) is 44.4 Å². The van der Waals surface area contributed by atoms with E-state index in [1.165, 1.54) is 24.1 Å². The molecular formula is C19H26N6O. The molecule has 0 bridgehead atoms. The molecule has 0 saturated carbocycles. The SMILES string of the molecule is CN1CCN(C(=O)Nc2cnc3c(c2)CCCC3)C[C@H]1c1nccn1C. The largest absolute Gasteiger partial charge is 0.337 e. The van der Waals surface area contributed by atoms with Crippen LogP contribution in [0.1, 0.15) is 36.0 Å². The maximum atomic E-state index is 12.8. The van der Waals surface area contributed by atoms with Crippen molar-refractivity contribution in [1.29, 1.82) is 0 Å². The molecular weight excluding hydrogens is 328 g/mol. The van der Waals surface area contributed by atoms with Crippen molar-refractivity contribution in [3.8, 4) is 0 Å². The van der Waals surface area contributed by atoms with Gasteiger partial charge in [-0.1, -0.05) is 0 Å². The zero-order valence-corrected chi connectivity index (χ0v) is 15.5. The molecule has 1 saturated heterocycles. The first-order valence-corrected chi connectivity index (χ1v) is 9.33. The summed E-state index contributed by atoms with van der Waals surface area (Å²) in [5.74, 6) is 0.987. The van der Waals surface area contributed by atoms with Crippen LogP contribution in [0.2, 0.25) is 0 Å². The van der Waals surface area contributed by atoms with Crippen LogP contribution in [0.3, 0.4) is 0 Å². The lowest BCUT2D eigenvalue weighted by Gasteiger charge is -2.38. The summed E-state index contributed by atoms with van der Waals surface area (Å²) in [7, 11) is 4.08. The number of pyridine rings is 1. The van der Waals surface area contributed by atoms with Gasteiger partial charge in [0, 0.05) is 44.8 Å². The van der Waals surface area contributed by atoms with Crippen LogP contribution < -0.4 is 5.32 Å². The number of piperazine rings is 1. The topological polar surface area (TPSA) is 66.3 Å². The molecule has 4 rings (SSSR count). The minimum absolute atomic E-state index is 0.0603. The quantitative estimate of drug-likeness (QED) is 0.898. The molecule has 1 aliphatic heterocycles. The summed E-state index contributed by atoms with van der Waals surface area (Å²) in [6.07, 6.45) is 10.1. The monoisotopic (exact) mass is 354 g/mol. The molecule has 3 heterocycles. The van der Waals surface area contributed by atoms with E-state index in [0.29, 0.717) is 13.1 Å². The Hall–Kier alpha value is -2.41. The van der Waals surface area contributed by atoms with Gasteiger partial charge < -0.3 is 14.8 Å². The van der Waals surface area contributed by atoms with Crippen LogP contribution in [0, 0.1) is 0 Å². The molecule has 1 aliphatic carbocycles. The van der Waals surface area contributed by atoms with Crippen LogP contribution in [0.15, 0.2) is 24.7 Å². The molecule has 2 aromatic rings. The smallest absolute Gasteiger partial charge is 0.321 e. The Morgan fingerprint density at radius 2 is 2.04 bits per heavy atom. The van der Waals surface area contributed by atoms with Gasteiger partial charge in [-0.3, -0.25) is 9.88 Å². The summed E-state index contributed by atoms with van der Waals surface area (Å²) < 4.78 is 2.02.